The lowest BCUT2D eigenvalue weighted by Gasteiger charge is -2.42. The van der Waals surface area contributed by atoms with Crippen molar-refractivity contribution in [3.63, 3.8) is 0 Å². The van der Waals surface area contributed by atoms with E-state index in [1.807, 2.05) is 19.1 Å². The fourth-order valence-electron chi connectivity index (χ4n) is 5.11. The number of aryl methyl sites for hydroxylation is 1. The third kappa shape index (κ3) is 10.9. The molecule has 49 heavy (non-hydrogen) atoms. The van der Waals surface area contributed by atoms with E-state index in [2.05, 4.69) is 9.47 Å². The van der Waals surface area contributed by atoms with Gasteiger partial charge in [-0.25, -0.2) is 14.3 Å². The number of benzene rings is 2. The van der Waals surface area contributed by atoms with Crippen LogP contribution in [0.2, 0.25) is 0 Å². The molecule has 3 aromatic rings. The zero-order chi connectivity index (χ0) is 37.1. The van der Waals surface area contributed by atoms with Gasteiger partial charge in [0, 0.05) is 22.5 Å². The molecule has 1 unspecified atom stereocenters. The van der Waals surface area contributed by atoms with Gasteiger partial charge in [0.25, 0.3) is 0 Å². The highest BCUT2D eigenvalue weighted by atomic mass is 19.3. The molecule has 0 aliphatic heterocycles. The van der Waals surface area contributed by atoms with E-state index in [1.165, 1.54) is 39.0 Å². The van der Waals surface area contributed by atoms with Gasteiger partial charge in [0.2, 0.25) is 0 Å². The molecule has 1 heterocycles. The highest BCUT2D eigenvalue weighted by Crippen LogP contribution is 2.39. The Bertz CT molecular complexity index is 1670. The number of esters is 1. The van der Waals surface area contributed by atoms with Crippen molar-refractivity contribution < 1.29 is 54.5 Å². The van der Waals surface area contributed by atoms with Gasteiger partial charge in [-0.1, -0.05) is 31.2 Å². The van der Waals surface area contributed by atoms with Crippen LogP contribution in [-0.2, 0) is 25.4 Å². The predicted molar refractivity (Wildman–Crippen MR) is 169 cm³/mol. The molecule has 2 aromatic carbocycles. The zero-order valence-corrected chi connectivity index (χ0v) is 28.1. The summed E-state index contributed by atoms with van der Waals surface area (Å²) >= 11 is 0. The number of halogens is 6. The lowest BCUT2D eigenvalue weighted by atomic mass is 9.67. The second-order valence-corrected chi connectivity index (χ2v) is 13.3. The molecule has 3 rings (SSSR count). The van der Waals surface area contributed by atoms with Crippen LogP contribution in [0.3, 0.4) is 0 Å². The van der Waals surface area contributed by atoms with Crippen LogP contribution in [0.15, 0.2) is 57.7 Å². The second kappa shape index (κ2) is 14.7. The van der Waals surface area contributed by atoms with E-state index in [4.69, 9.17) is 25.4 Å². The average molecular weight is 705 g/mol. The summed E-state index contributed by atoms with van der Waals surface area (Å²) in [6, 6.07) is 13.1. The van der Waals surface area contributed by atoms with Gasteiger partial charge in [-0.3, -0.25) is 4.79 Å². The van der Waals surface area contributed by atoms with Crippen molar-refractivity contribution in [1.82, 2.24) is 0 Å². The van der Waals surface area contributed by atoms with Crippen molar-refractivity contribution in [2.75, 3.05) is 13.2 Å². The molecule has 0 aliphatic carbocycles. The first-order valence-electron chi connectivity index (χ1n) is 15.4. The van der Waals surface area contributed by atoms with Gasteiger partial charge in [-0.15, -0.1) is 8.78 Å². The lowest BCUT2D eigenvalue weighted by molar-refractivity contribution is -0.514. The van der Waals surface area contributed by atoms with Crippen molar-refractivity contribution in [2.24, 2.45) is 16.9 Å². The molecule has 0 saturated heterocycles. The summed E-state index contributed by atoms with van der Waals surface area (Å²) in [5.74, 6) is -1.05. The number of nitrogens with two attached hydrogens (primary N) is 2. The second-order valence-electron chi connectivity index (χ2n) is 13.3. The molecule has 0 aliphatic rings. The van der Waals surface area contributed by atoms with E-state index in [-0.39, 0.29) is 17.8 Å². The monoisotopic (exact) mass is 704 g/mol. The Morgan fingerprint density at radius 2 is 1.41 bits per heavy atom. The molecule has 4 N–H and O–H groups in total. The maximum atomic E-state index is 14.2. The van der Waals surface area contributed by atoms with Gasteiger partial charge in [0.05, 0.1) is 37.0 Å². The molecular weight excluding hydrogens is 662 g/mol. The van der Waals surface area contributed by atoms with Crippen LogP contribution in [0.25, 0.3) is 22.1 Å². The number of fused-ring (bicyclic) bond motifs is 1. The minimum absolute atomic E-state index is 0.00732. The third-order valence-corrected chi connectivity index (χ3v) is 7.90. The SMILES string of the molecule is CCc1ccccc1-c1cc2ccc(OCCC(F)(F)OC(F)(F)OC(F)(F)CCOC(=O)C(C)(CC(C)(C)N)C(C)(C)N)cc2oc1=O. The zero-order valence-electron chi connectivity index (χ0n) is 28.1. The van der Waals surface area contributed by atoms with Crippen LogP contribution in [0, 0.1) is 5.41 Å². The Balaban J connectivity index is 1.56. The van der Waals surface area contributed by atoms with Crippen LogP contribution in [0.5, 0.6) is 5.75 Å². The first-order chi connectivity index (χ1) is 22.4. The predicted octanol–water partition coefficient (Wildman–Crippen LogP) is 7.36. The molecular formula is C34H42F6N2O7. The fraction of sp³-hybridized carbons (Fsp3) is 0.529. The molecule has 0 spiro atoms. The van der Waals surface area contributed by atoms with E-state index in [9.17, 15) is 35.9 Å². The number of ether oxygens (including phenoxy) is 4. The summed E-state index contributed by atoms with van der Waals surface area (Å²) in [5.41, 5.74) is 9.93. The Morgan fingerprint density at radius 1 is 0.816 bits per heavy atom. The number of rotatable bonds is 17. The van der Waals surface area contributed by atoms with Crippen molar-refractivity contribution in [3.05, 3.63) is 64.5 Å². The highest BCUT2D eigenvalue weighted by Gasteiger charge is 2.53. The maximum absolute atomic E-state index is 14.2. The van der Waals surface area contributed by atoms with Crippen LogP contribution < -0.4 is 21.8 Å². The fourth-order valence-corrected chi connectivity index (χ4v) is 5.11. The Labute approximate surface area is 279 Å². The lowest BCUT2D eigenvalue weighted by Crippen LogP contribution is -2.58. The minimum atomic E-state index is -5.45. The summed E-state index contributed by atoms with van der Waals surface area (Å²) in [5, 5.41) is 0.505. The van der Waals surface area contributed by atoms with E-state index >= 15 is 0 Å². The topological polar surface area (TPSA) is 136 Å². The summed E-state index contributed by atoms with van der Waals surface area (Å²) < 4.78 is 107. The average Bonchev–Trinajstić information content (AvgIpc) is 2.93. The van der Waals surface area contributed by atoms with Gasteiger partial charge in [-0.05, 0) is 76.8 Å². The number of alkyl halides is 6. The molecule has 0 bridgehead atoms. The summed E-state index contributed by atoms with van der Waals surface area (Å²) in [4.78, 5) is 25.5. The molecule has 1 atom stereocenters. The van der Waals surface area contributed by atoms with E-state index in [0.29, 0.717) is 22.9 Å². The van der Waals surface area contributed by atoms with E-state index in [1.54, 1.807) is 32.0 Å². The van der Waals surface area contributed by atoms with Gasteiger partial charge in [-0.2, -0.15) is 17.6 Å². The largest absolute Gasteiger partial charge is 0.494 e. The number of hydrogen-bond acceptors (Lipinski definition) is 9. The Kier molecular flexibility index (Phi) is 11.9. The van der Waals surface area contributed by atoms with Crippen LogP contribution in [0.4, 0.5) is 26.3 Å². The maximum Gasteiger partial charge on any atom is 0.494 e. The van der Waals surface area contributed by atoms with Gasteiger partial charge < -0.3 is 25.4 Å². The van der Waals surface area contributed by atoms with Crippen LogP contribution in [-0.4, -0.2) is 48.8 Å². The quantitative estimate of drug-likeness (QED) is 0.0639. The van der Waals surface area contributed by atoms with Crippen molar-refractivity contribution in [2.45, 2.75) is 96.8 Å². The Morgan fingerprint density at radius 3 is 1.98 bits per heavy atom. The normalized spacial score (nSPS) is 14.5. The molecule has 0 fully saturated rings. The first kappa shape index (κ1) is 39.8. The highest BCUT2D eigenvalue weighted by molar-refractivity contribution is 5.83. The van der Waals surface area contributed by atoms with Gasteiger partial charge in [0.15, 0.2) is 0 Å². The number of hydrogen-bond donors (Lipinski definition) is 2. The number of carbonyl (C=O) groups excluding carboxylic acids is 1. The Hall–Kier alpha value is -3.66. The van der Waals surface area contributed by atoms with Crippen molar-refractivity contribution >= 4 is 16.9 Å². The van der Waals surface area contributed by atoms with Gasteiger partial charge >= 0.3 is 30.1 Å². The molecule has 0 amide bonds. The first-order valence-corrected chi connectivity index (χ1v) is 15.4. The van der Waals surface area contributed by atoms with Crippen LogP contribution >= 0.6 is 0 Å². The summed E-state index contributed by atoms with van der Waals surface area (Å²) in [7, 11) is 0. The smallest absolute Gasteiger partial charge is 0.493 e. The molecule has 15 heteroatoms. The van der Waals surface area contributed by atoms with E-state index in [0.717, 1.165) is 5.56 Å². The van der Waals surface area contributed by atoms with Crippen molar-refractivity contribution in [1.29, 1.82) is 0 Å². The summed E-state index contributed by atoms with van der Waals surface area (Å²) in [6.07, 6.45) is -17.3. The minimum Gasteiger partial charge on any atom is -0.493 e. The molecule has 1 aromatic heterocycles. The molecule has 0 radical (unpaired) electrons. The molecule has 272 valence electrons. The summed E-state index contributed by atoms with van der Waals surface area (Å²) in [6.45, 7) is 7.59. The van der Waals surface area contributed by atoms with Gasteiger partial charge in [0.1, 0.15) is 11.3 Å². The van der Waals surface area contributed by atoms with Crippen molar-refractivity contribution in [3.8, 4) is 16.9 Å². The van der Waals surface area contributed by atoms with E-state index < -0.39 is 72.7 Å². The third-order valence-electron chi connectivity index (χ3n) is 7.90. The van der Waals surface area contributed by atoms with Crippen LogP contribution in [0.1, 0.15) is 66.4 Å². The standard InChI is InChI=1S/C34H42F6N2O7/c1-7-21-10-8-9-11-24(21)25-18-22-12-13-23(19-26(22)47-27(25)43)45-16-14-32(35,36)48-34(39,40)49-33(37,38)15-17-46-28(44)31(6,30(4,5)42)20-29(2,3)41/h8-13,18-19H,7,14-17,20,41-42H2,1-6H3. The molecule has 9 nitrogen and oxygen atoms in total. The molecule has 0 saturated carbocycles. The number of carbonyl (C=O) groups is 1.